The molecule has 2 aromatic rings. The topological polar surface area (TPSA) is 95.6 Å². The van der Waals surface area contributed by atoms with Gasteiger partial charge in [-0.2, -0.15) is 13.2 Å². The van der Waals surface area contributed by atoms with Gasteiger partial charge >= 0.3 is 6.18 Å². The molecule has 0 aliphatic carbocycles. The summed E-state index contributed by atoms with van der Waals surface area (Å²) in [7, 11) is -3.60. The lowest BCUT2D eigenvalue weighted by Crippen LogP contribution is -2.46. The van der Waals surface area contributed by atoms with E-state index in [-0.39, 0.29) is 57.4 Å². The lowest BCUT2D eigenvalue weighted by Gasteiger charge is -2.33. The number of carbonyl (C=O) groups is 2. The Morgan fingerprint density at radius 3 is 2.51 bits per heavy atom. The number of sulfone groups is 1. The van der Waals surface area contributed by atoms with Crippen LogP contribution in [-0.4, -0.2) is 50.0 Å². The number of benzene rings is 2. The number of nitrogens with one attached hydrogen (secondary N) is 2. The predicted molar refractivity (Wildman–Crippen MR) is 134 cm³/mol. The van der Waals surface area contributed by atoms with Gasteiger partial charge in [0.15, 0.2) is 9.84 Å². The van der Waals surface area contributed by atoms with Crippen molar-refractivity contribution in [3.05, 3.63) is 63.7 Å². The summed E-state index contributed by atoms with van der Waals surface area (Å²) in [5.41, 5.74) is -0.848. The minimum atomic E-state index is -4.69. The van der Waals surface area contributed by atoms with Gasteiger partial charge in [-0.3, -0.25) is 14.5 Å². The van der Waals surface area contributed by atoms with Crippen LogP contribution in [0, 0.1) is 0 Å². The van der Waals surface area contributed by atoms with Crippen molar-refractivity contribution in [2.75, 3.05) is 18.8 Å². The first-order chi connectivity index (χ1) is 17.3. The molecule has 12 heteroatoms. The number of hydrogen-bond donors (Lipinski definition) is 2. The molecule has 1 fully saturated rings. The van der Waals surface area contributed by atoms with E-state index in [9.17, 15) is 31.2 Å². The van der Waals surface area contributed by atoms with E-state index < -0.39 is 27.5 Å². The molecule has 0 unspecified atom stereocenters. The highest BCUT2D eigenvalue weighted by molar-refractivity contribution is 7.91. The van der Waals surface area contributed by atoms with Crippen LogP contribution in [0.5, 0.6) is 0 Å². The van der Waals surface area contributed by atoms with Crippen LogP contribution in [0.2, 0.25) is 5.02 Å². The van der Waals surface area contributed by atoms with Crippen molar-refractivity contribution in [1.82, 2.24) is 15.5 Å². The molecule has 0 radical (unpaired) electrons. The molecule has 2 amide bonds. The van der Waals surface area contributed by atoms with Crippen molar-refractivity contribution in [2.45, 2.75) is 56.9 Å². The first-order valence-electron chi connectivity index (χ1n) is 11.8. The van der Waals surface area contributed by atoms with Gasteiger partial charge in [0.25, 0.3) is 5.91 Å². The Kier molecular flexibility index (Phi) is 9.25. The van der Waals surface area contributed by atoms with Crippen molar-refractivity contribution in [3.8, 4) is 0 Å². The maximum Gasteiger partial charge on any atom is 0.416 e. The van der Waals surface area contributed by atoms with Crippen molar-refractivity contribution < 1.29 is 31.2 Å². The Morgan fingerprint density at radius 1 is 1.14 bits per heavy atom. The molecule has 2 N–H and O–H groups in total. The van der Waals surface area contributed by atoms with Gasteiger partial charge in [-0.05, 0) is 60.8 Å². The van der Waals surface area contributed by atoms with Crippen molar-refractivity contribution in [2.24, 2.45) is 0 Å². The summed E-state index contributed by atoms with van der Waals surface area (Å²) in [6.07, 6.45) is -3.19. The van der Waals surface area contributed by atoms with E-state index in [0.29, 0.717) is 13.1 Å². The maximum absolute atomic E-state index is 13.9. The summed E-state index contributed by atoms with van der Waals surface area (Å²) >= 11 is 5.99. The number of piperidine rings is 1. The molecule has 1 heterocycles. The largest absolute Gasteiger partial charge is 0.416 e. The van der Waals surface area contributed by atoms with E-state index in [1.165, 1.54) is 44.2 Å². The smallest absolute Gasteiger partial charge is 0.352 e. The standard InChI is InChI=1S/C25H29ClF3N3O4S/c1-3-37(35,36)23-9-8-20(26)11-19(23)13-30-24(34)17-6-7-18(22(12-17)25(27,28)29)14-32-10-4-5-21(15-32)31-16(2)33/h6-9,11-12,21H,3-5,10,13-15H2,1-2H3,(H,30,34)(H,31,33)/t21-/m1/s1. The van der Waals surface area contributed by atoms with Crippen LogP contribution >= 0.6 is 11.6 Å². The van der Waals surface area contributed by atoms with Gasteiger partial charge in [-0.1, -0.05) is 24.6 Å². The monoisotopic (exact) mass is 559 g/mol. The van der Waals surface area contributed by atoms with Crippen molar-refractivity contribution in [3.63, 3.8) is 0 Å². The van der Waals surface area contributed by atoms with Crippen molar-refractivity contribution >= 4 is 33.3 Å². The van der Waals surface area contributed by atoms with Gasteiger partial charge in [0.2, 0.25) is 5.91 Å². The fraction of sp³-hybridized carbons (Fsp3) is 0.440. The Labute approximate surface area is 219 Å². The van der Waals surface area contributed by atoms with Gasteiger partial charge in [0.05, 0.1) is 16.2 Å². The highest BCUT2D eigenvalue weighted by atomic mass is 35.5. The summed E-state index contributed by atoms with van der Waals surface area (Å²) < 4.78 is 66.5. The van der Waals surface area contributed by atoms with E-state index in [1.807, 2.05) is 4.90 Å². The van der Waals surface area contributed by atoms with Gasteiger partial charge in [0.1, 0.15) is 0 Å². The van der Waals surface area contributed by atoms with Crippen molar-refractivity contribution in [1.29, 1.82) is 0 Å². The predicted octanol–water partition coefficient (Wildman–Crippen LogP) is 4.18. The molecule has 1 aliphatic heterocycles. The normalized spacial score (nSPS) is 16.9. The van der Waals surface area contributed by atoms with Crippen LogP contribution in [-0.2, 0) is 33.9 Å². The summed E-state index contributed by atoms with van der Waals surface area (Å²) in [4.78, 5) is 26.0. The van der Waals surface area contributed by atoms with Crippen LogP contribution in [0.1, 0.15) is 53.7 Å². The fourth-order valence-corrected chi connectivity index (χ4v) is 5.70. The summed E-state index contributed by atoms with van der Waals surface area (Å²) in [6.45, 7) is 3.71. The molecule has 1 atom stereocenters. The second-order valence-corrected chi connectivity index (χ2v) is 11.7. The lowest BCUT2D eigenvalue weighted by atomic mass is 10.00. The lowest BCUT2D eigenvalue weighted by molar-refractivity contribution is -0.138. The Balaban J connectivity index is 1.79. The number of rotatable bonds is 8. The average molecular weight is 560 g/mol. The highest BCUT2D eigenvalue weighted by Crippen LogP contribution is 2.34. The van der Waals surface area contributed by atoms with Crippen LogP contribution in [0.25, 0.3) is 0 Å². The molecule has 0 saturated carbocycles. The van der Waals surface area contributed by atoms with Crippen LogP contribution in [0.4, 0.5) is 13.2 Å². The van der Waals surface area contributed by atoms with Gasteiger partial charge in [-0.15, -0.1) is 0 Å². The van der Waals surface area contributed by atoms with E-state index in [2.05, 4.69) is 10.6 Å². The molecule has 7 nitrogen and oxygen atoms in total. The van der Waals surface area contributed by atoms with E-state index >= 15 is 0 Å². The van der Waals surface area contributed by atoms with E-state index in [0.717, 1.165) is 18.9 Å². The number of nitrogens with zero attached hydrogens (tertiary/aromatic N) is 1. The molecule has 2 aromatic carbocycles. The number of amides is 2. The molecule has 0 spiro atoms. The quantitative estimate of drug-likeness (QED) is 0.506. The first kappa shape index (κ1) is 28.9. The minimum Gasteiger partial charge on any atom is -0.352 e. The molecule has 0 bridgehead atoms. The molecule has 202 valence electrons. The van der Waals surface area contributed by atoms with E-state index in [1.54, 1.807) is 0 Å². The van der Waals surface area contributed by atoms with E-state index in [4.69, 9.17) is 11.6 Å². The molecule has 3 rings (SSSR count). The molecule has 1 saturated heterocycles. The van der Waals surface area contributed by atoms with Gasteiger partial charge < -0.3 is 10.6 Å². The third-order valence-corrected chi connectivity index (χ3v) is 8.22. The second-order valence-electron chi connectivity index (χ2n) is 8.98. The fourth-order valence-electron chi connectivity index (χ4n) is 4.39. The number of carbonyl (C=O) groups excluding carboxylic acids is 2. The summed E-state index contributed by atoms with van der Waals surface area (Å²) in [6, 6.07) is 7.45. The summed E-state index contributed by atoms with van der Waals surface area (Å²) in [5.74, 6) is -1.12. The first-order valence-corrected chi connectivity index (χ1v) is 13.8. The molecule has 1 aliphatic rings. The van der Waals surface area contributed by atoms with Gasteiger partial charge in [0, 0.05) is 43.2 Å². The molecule has 37 heavy (non-hydrogen) atoms. The van der Waals surface area contributed by atoms with Crippen LogP contribution in [0.15, 0.2) is 41.3 Å². The Bertz CT molecular complexity index is 1270. The number of halogens is 4. The number of hydrogen-bond acceptors (Lipinski definition) is 5. The summed E-state index contributed by atoms with van der Waals surface area (Å²) in [5, 5.41) is 5.58. The zero-order chi connectivity index (χ0) is 27.4. The zero-order valence-electron chi connectivity index (χ0n) is 20.5. The number of likely N-dealkylation sites (tertiary alicyclic amines) is 1. The minimum absolute atomic E-state index is 0.00475. The molecule has 0 aromatic heterocycles. The van der Waals surface area contributed by atoms with Crippen LogP contribution < -0.4 is 10.6 Å². The average Bonchev–Trinajstić information content (AvgIpc) is 2.81. The molecular weight excluding hydrogens is 531 g/mol. The second kappa shape index (κ2) is 11.8. The zero-order valence-corrected chi connectivity index (χ0v) is 22.1. The third-order valence-electron chi connectivity index (χ3n) is 6.16. The SMILES string of the molecule is CCS(=O)(=O)c1ccc(Cl)cc1CNC(=O)c1ccc(CN2CCC[C@@H](NC(C)=O)C2)c(C(F)(F)F)c1. The number of alkyl halides is 3. The third kappa shape index (κ3) is 7.68. The Hall–Kier alpha value is -2.63. The Morgan fingerprint density at radius 2 is 1.86 bits per heavy atom. The maximum atomic E-state index is 13.9. The molecular formula is C25H29ClF3N3O4S. The highest BCUT2D eigenvalue weighted by Gasteiger charge is 2.35. The van der Waals surface area contributed by atoms with Gasteiger partial charge in [-0.25, -0.2) is 8.42 Å². The van der Waals surface area contributed by atoms with Crippen LogP contribution in [0.3, 0.4) is 0 Å².